The number of rotatable bonds is 13. The molecule has 2 unspecified atom stereocenters. The number of nitro benzene ring substituents is 2. The summed E-state index contributed by atoms with van der Waals surface area (Å²) in [5.74, 6) is -2.24. The van der Waals surface area contributed by atoms with E-state index in [2.05, 4.69) is 31.9 Å². The van der Waals surface area contributed by atoms with E-state index in [1.54, 1.807) is 27.7 Å². The van der Waals surface area contributed by atoms with Gasteiger partial charge >= 0.3 is 11.9 Å². The van der Waals surface area contributed by atoms with Crippen molar-refractivity contribution >= 4 is 88.6 Å². The summed E-state index contributed by atoms with van der Waals surface area (Å²) in [6.07, 6.45) is 0. The van der Waals surface area contributed by atoms with E-state index in [0.29, 0.717) is 22.3 Å². The largest absolute Gasteiger partial charge is 0.456 e. The first-order valence-electron chi connectivity index (χ1n) is 14.1. The van der Waals surface area contributed by atoms with E-state index < -0.39 is 42.2 Å². The molecule has 0 spiro atoms. The quantitative estimate of drug-likeness (QED) is 0.0430. The highest BCUT2D eigenvalue weighted by molar-refractivity contribution is 9.10. The normalized spacial score (nSPS) is 19.9. The lowest BCUT2D eigenvalue weighted by molar-refractivity contribution is -0.385. The molecule has 2 amide bonds. The number of amides is 2. The monoisotopic (exact) mass is 826 g/mol. The predicted molar refractivity (Wildman–Crippen MR) is 184 cm³/mol. The first-order valence-corrected chi connectivity index (χ1v) is 18.2. The lowest BCUT2D eigenvalue weighted by atomic mass is 10.1. The summed E-state index contributed by atoms with van der Waals surface area (Å²) in [7, 11) is 2.46. The highest BCUT2D eigenvalue weighted by atomic mass is 79.9. The van der Waals surface area contributed by atoms with Crippen LogP contribution in [0.25, 0.3) is 0 Å². The summed E-state index contributed by atoms with van der Waals surface area (Å²) in [5, 5.41) is 20.7. The van der Waals surface area contributed by atoms with Crippen molar-refractivity contribution in [2.24, 2.45) is 0 Å². The van der Waals surface area contributed by atoms with Crippen LogP contribution < -0.4 is 0 Å². The first-order chi connectivity index (χ1) is 22.6. The van der Waals surface area contributed by atoms with Gasteiger partial charge in [0.05, 0.1) is 9.85 Å². The van der Waals surface area contributed by atoms with Crippen molar-refractivity contribution in [1.82, 2.24) is 9.80 Å². The Hall–Kier alpha value is -3.74. The average molecular weight is 829 g/mol. The van der Waals surface area contributed by atoms with Crippen molar-refractivity contribution in [2.75, 3.05) is 0 Å². The molecule has 2 saturated heterocycles. The molecule has 2 aromatic rings. The number of benzene rings is 2. The Balaban J connectivity index is 1.42. The number of carbonyl (C=O) groups excluding carboxylic acids is 4. The third-order valence-corrected chi connectivity index (χ3v) is 12.5. The molecule has 0 aliphatic carbocycles. The van der Waals surface area contributed by atoms with Crippen LogP contribution in [0.5, 0.6) is 0 Å². The second kappa shape index (κ2) is 15.7. The Bertz CT molecular complexity index is 1590. The van der Waals surface area contributed by atoms with Gasteiger partial charge in [0.1, 0.15) is 45.0 Å². The fourth-order valence-electron chi connectivity index (χ4n) is 4.58. The standard InChI is InChI=1S/C30H28Br2N4O10S2/c1-15(2)23(29(39)45-13-17-5-9-19(10-6-17)35(41)42)33-25(37)21(31)27(33)47-48-28-22(32)26(38)34(28)24(16(3)4)30(40)46-14-18-7-11-20(12-8-18)36(43)44/h5-12,21-22,27-28H,13-14H2,1-4H3/t21-,22-,27?,28?/m1/s1. The molecule has 18 heteroatoms. The summed E-state index contributed by atoms with van der Waals surface area (Å²) < 4.78 is 10.9. The number of ether oxygens (including phenoxy) is 2. The van der Waals surface area contributed by atoms with Gasteiger partial charge in [-0.2, -0.15) is 0 Å². The number of carbonyl (C=O) groups is 4. The van der Waals surface area contributed by atoms with Gasteiger partial charge in [-0.15, -0.1) is 0 Å². The lowest BCUT2D eigenvalue weighted by Crippen LogP contribution is -2.62. The molecule has 4 atom stereocenters. The molecule has 2 aliphatic rings. The van der Waals surface area contributed by atoms with Crippen molar-refractivity contribution < 1.29 is 38.5 Å². The zero-order chi connectivity index (χ0) is 35.4. The molecule has 254 valence electrons. The van der Waals surface area contributed by atoms with E-state index in [1.165, 1.54) is 79.9 Å². The number of non-ortho nitro benzene ring substituents is 2. The first kappa shape index (κ1) is 37.1. The second-order valence-corrected chi connectivity index (χ2v) is 15.4. The van der Waals surface area contributed by atoms with E-state index in [1.807, 2.05) is 0 Å². The summed E-state index contributed by atoms with van der Waals surface area (Å²) in [4.78, 5) is 74.5. The van der Waals surface area contributed by atoms with Crippen LogP contribution in [0, 0.1) is 20.2 Å². The molecule has 0 saturated carbocycles. The van der Waals surface area contributed by atoms with Crippen molar-refractivity contribution in [2.45, 2.75) is 61.3 Å². The average Bonchev–Trinajstić information content (AvgIpc) is 3.06. The number of hydrogen-bond donors (Lipinski definition) is 0. The van der Waals surface area contributed by atoms with Crippen LogP contribution in [0.2, 0.25) is 0 Å². The molecular weight excluding hydrogens is 800 g/mol. The topological polar surface area (TPSA) is 179 Å². The van der Waals surface area contributed by atoms with Gasteiger partial charge in [-0.1, -0.05) is 53.4 Å². The Morgan fingerprint density at radius 1 is 0.688 bits per heavy atom. The van der Waals surface area contributed by atoms with Gasteiger partial charge in [0.25, 0.3) is 11.4 Å². The number of hydrogen-bond acceptors (Lipinski definition) is 12. The zero-order valence-corrected chi connectivity index (χ0v) is 30.6. The van der Waals surface area contributed by atoms with E-state index in [4.69, 9.17) is 9.47 Å². The minimum atomic E-state index is -0.752. The minimum Gasteiger partial charge on any atom is -0.456 e. The highest BCUT2D eigenvalue weighted by Crippen LogP contribution is 2.50. The van der Waals surface area contributed by atoms with Crippen molar-refractivity contribution in [3.8, 4) is 0 Å². The summed E-state index contributed by atoms with van der Waals surface area (Å²) in [6, 6.07) is 11.1. The van der Waals surface area contributed by atoms with Crippen LogP contribution in [0.15, 0.2) is 71.1 Å². The second-order valence-electron chi connectivity index (χ2n) is 10.9. The smallest absolute Gasteiger partial charge is 0.355 e. The Labute approximate surface area is 299 Å². The van der Waals surface area contributed by atoms with Gasteiger partial charge in [-0.3, -0.25) is 39.6 Å². The van der Waals surface area contributed by atoms with Crippen LogP contribution in [-0.4, -0.2) is 63.8 Å². The Morgan fingerprint density at radius 2 is 1.00 bits per heavy atom. The maximum Gasteiger partial charge on any atom is 0.355 e. The van der Waals surface area contributed by atoms with Gasteiger partial charge < -0.3 is 9.47 Å². The molecule has 2 aliphatic heterocycles. The molecule has 48 heavy (non-hydrogen) atoms. The number of likely N-dealkylation sites (tertiary alicyclic amines) is 2. The van der Waals surface area contributed by atoms with E-state index in [9.17, 15) is 39.4 Å². The molecule has 2 heterocycles. The number of halogens is 2. The third-order valence-electron chi connectivity index (χ3n) is 7.06. The molecule has 4 rings (SSSR count). The van der Waals surface area contributed by atoms with Gasteiger partial charge in [0.15, 0.2) is 0 Å². The maximum atomic E-state index is 13.2. The van der Waals surface area contributed by atoms with Crippen molar-refractivity contribution in [3.63, 3.8) is 0 Å². The van der Waals surface area contributed by atoms with Gasteiger partial charge in [-0.25, -0.2) is 9.59 Å². The number of β-lactam (4-membered cyclic amide) rings is 2. The van der Waals surface area contributed by atoms with Crippen molar-refractivity contribution in [1.29, 1.82) is 0 Å². The molecule has 2 aromatic carbocycles. The maximum absolute atomic E-state index is 13.2. The summed E-state index contributed by atoms with van der Waals surface area (Å²) in [5.41, 5.74) is 1.99. The van der Waals surface area contributed by atoms with Crippen molar-refractivity contribution in [3.05, 3.63) is 102 Å². The number of nitrogens with zero attached hydrogens (tertiary/aromatic N) is 4. The van der Waals surface area contributed by atoms with Crippen LogP contribution in [0.4, 0.5) is 11.4 Å². The fraction of sp³-hybridized carbons (Fsp3) is 0.333. The third kappa shape index (κ3) is 7.93. The van der Waals surface area contributed by atoms with Crippen LogP contribution >= 0.6 is 53.4 Å². The van der Waals surface area contributed by atoms with Gasteiger partial charge in [0.2, 0.25) is 11.8 Å². The highest BCUT2D eigenvalue weighted by Gasteiger charge is 2.54. The molecule has 14 nitrogen and oxygen atoms in total. The summed E-state index contributed by atoms with van der Waals surface area (Å²) in [6.45, 7) is 6.31. The molecule has 0 bridgehead atoms. The SMILES string of the molecule is CC(C)=C(C(=O)OCc1ccc([N+](=O)[O-])cc1)N1C(=O)[C@@H](Br)C1SSC1[C@H](Br)C(=O)N1C(C(=O)OCc1ccc([N+](=O)[O-])cc1)=C(C)C. The molecule has 0 radical (unpaired) electrons. The fourth-order valence-corrected chi connectivity index (χ4v) is 10.1. The van der Waals surface area contributed by atoms with E-state index in [-0.39, 0.29) is 47.8 Å². The zero-order valence-electron chi connectivity index (χ0n) is 25.8. The predicted octanol–water partition coefficient (Wildman–Crippen LogP) is 6.12. The number of esters is 2. The van der Waals surface area contributed by atoms with Gasteiger partial charge in [-0.05, 0) is 74.2 Å². The van der Waals surface area contributed by atoms with Crippen LogP contribution in [-0.2, 0) is 41.9 Å². The summed E-state index contributed by atoms with van der Waals surface area (Å²) >= 11 is 6.78. The molecular formula is C30H28Br2N4O10S2. The Morgan fingerprint density at radius 3 is 1.27 bits per heavy atom. The lowest BCUT2D eigenvalue weighted by Gasteiger charge is -2.47. The van der Waals surface area contributed by atoms with E-state index >= 15 is 0 Å². The van der Waals surface area contributed by atoms with Crippen LogP contribution in [0.3, 0.4) is 0 Å². The minimum absolute atomic E-state index is 0.0486. The number of alkyl halides is 2. The Kier molecular flexibility index (Phi) is 12.1. The van der Waals surface area contributed by atoms with Gasteiger partial charge in [0, 0.05) is 24.3 Å². The van der Waals surface area contributed by atoms with Crippen LogP contribution in [0.1, 0.15) is 38.8 Å². The molecule has 0 N–H and O–H groups in total. The molecule has 2 fully saturated rings. The number of nitro groups is 2. The number of allylic oxidation sites excluding steroid dienone is 2. The van der Waals surface area contributed by atoms with E-state index in [0.717, 1.165) is 0 Å². The molecule has 0 aromatic heterocycles.